The molecule has 0 aromatic heterocycles. The molecule has 1 heterocycles. The molecule has 3 rings (SSSR count). The van der Waals surface area contributed by atoms with Crippen LogP contribution in [0.2, 0.25) is 0 Å². The van der Waals surface area contributed by atoms with E-state index in [1.165, 1.54) is 5.56 Å². The number of amides is 1. The van der Waals surface area contributed by atoms with E-state index in [1.54, 1.807) is 12.0 Å². The third-order valence-electron chi connectivity index (χ3n) is 4.15. The number of rotatable bonds is 4. The minimum Gasteiger partial charge on any atom is -0.497 e. The molecule has 0 radical (unpaired) electrons. The fourth-order valence-electron chi connectivity index (χ4n) is 2.81. The Bertz CT molecular complexity index is 759. The van der Waals surface area contributed by atoms with E-state index in [9.17, 15) is 4.79 Å². The second-order valence-electron chi connectivity index (χ2n) is 6.07. The second kappa shape index (κ2) is 7.53. The molecule has 1 fully saturated rings. The summed E-state index contributed by atoms with van der Waals surface area (Å²) in [7, 11) is 1.62. The lowest BCUT2D eigenvalue weighted by atomic mass is 10.2. The van der Waals surface area contributed by atoms with Gasteiger partial charge in [0.1, 0.15) is 5.75 Å². The molecule has 1 amide bonds. The summed E-state index contributed by atoms with van der Waals surface area (Å²) in [4.78, 5) is 14.1. The van der Waals surface area contributed by atoms with Crippen LogP contribution < -0.4 is 20.3 Å². The minimum absolute atomic E-state index is 0.0138. The molecule has 1 saturated heterocycles. The van der Waals surface area contributed by atoms with Crippen LogP contribution in [0.1, 0.15) is 12.0 Å². The standard InChI is InChI=1S/C19H21N3O2S/c1-13-3-5-14(6-4-13)20-19(25)21-15-11-18(23)22(12-15)16-7-9-17(24-2)10-8-16/h3-10,15H,11-12H2,1-2H3,(H2,20,21,25). The van der Waals surface area contributed by atoms with Crippen molar-refractivity contribution in [1.82, 2.24) is 5.32 Å². The highest BCUT2D eigenvalue weighted by atomic mass is 32.1. The first kappa shape index (κ1) is 17.2. The largest absolute Gasteiger partial charge is 0.497 e. The fraction of sp³-hybridized carbons (Fsp3) is 0.263. The third-order valence-corrected chi connectivity index (χ3v) is 4.37. The Labute approximate surface area is 153 Å². The van der Waals surface area contributed by atoms with Crippen LogP contribution in [0.25, 0.3) is 0 Å². The molecular formula is C19H21N3O2S. The normalized spacial score (nSPS) is 16.6. The van der Waals surface area contributed by atoms with Crippen LogP contribution in [0.5, 0.6) is 5.75 Å². The van der Waals surface area contributed by atoms with Crippen LogP contribution in [-0.4, -0.2) is 30.7 Å². The summed E-state index contributed by atoms with van der Waals surface area (Å²) in [5.74, 6) is 0.856. The number of benzene rings is 2. The highest BCUT2D eigenvalue weighted by Gasteiger charge is 2.31. The Kier molecular flexibility index (Phi) is 5.19. The van der Waals surface area contributed by atoms with E-state index >= 15 is 0 Å². The van der Waals surface area contributed by atoms with Crippen molar-refractivity contribution in [1.29, 1.82) is 0 Å². The average Bonchev–Trinajstić information content (AvgIpc) is 2.97. The monoisotopic (exact) mass is 355 g/mol. The number of methoxy groups -OCH3 is 1. The van der Waals surface area contributed by atoms with E-state index < -0.39 is 0 Å². The van der Waals surface area contributed by atoms with Gasteiger partial charge in [0, 0.05) is 24.3 Å². The topological polar surface area (TPSA) is 53.6 Å². The number of nitrogens with one attached hydrogen (secondary N) is 2. The number of nitrogens with zero attached hydrogens (tertiary/aromatic N) is 1. The van der Waals surface area contributed by atoms with Gasteiger partial charge in [0.2, 0.25) is 5.91 Å². The quantitative estimate of drug-likeness (QED) is 0.826. The lowest BCUT2D eigenvalue weighted by molar-refractivity contribution is -0.117. The molecule has 2 N–H and O–H groups in total. The number of anilines is 2. The molecule has 6 heteroatoms. The van der Waals surface area contributed by atoms with Gasteiger partial charge in [0.15, 0.2) is 5.11 Å². The lowest BCUT2D eigenvalue weighted by Gasteiger charge is -2.18. The van der Waals surface area contributed by atoms with Crippen molar-refractivity contribution in [3.8, 4) is 5.75 Å². The van der Waals surface area contributed by atoms with E-state index in [1.807, 2.05) is 55.5 Å². The van der Waals surface area contributed by atoms with Crippen molar-refractivity contribution in [3.63, 3.8) is 0 Å². The van der Waals surface area contributed by atoms with E-state index in [0.717, 1.165) is 17.1 Å². The van der Waals surface area contributed by atoms with Crippen molar-refractivity contribution in [2.45, 2.75) is 19.4 Å². The van der Waals surface area contributed by atoms with Gasteiger partial charge in [-0.2, -0.15) is 0 Å². The molecule has 0 bridgehead atoms. The average molecular weight is 355 g/mol. The summed E-state index contributed by atoms with van der Waals surface area (Å²) in [6.07, 6.45) is 0.418. The number of hydrogen-bond donors (Lipinski definition) is 2. The first-order valence-electron chi connectivity index (χ1n) is 8.14. The molecule has 0 saturated carbocycles. The summed E-state index contributed by atoms with van der Waals surface area (Å²) in [6, 6.07) is 15.5. The van der Waals surface area contributed by atoms with Crippen molar-refractivity contribution in [2.24, 2.45) is 0 Å². The molecule has 0 spiro atoms. The number of thiocarbonyl (C=S) groups is 1. The zero-order valence-corrected chi connectivity index (χ0v) is 15.1. The predicted octanol–water partition coefficient (Wildman–Crippen LogP) is 3.10. The molecule has 5 nitrogen and oxygen atoms in total. The Hall–Kier alpha value is -2.60. The summed E-state index contributed by atoms with van der Waals surface area (Å²) >= 11 is 5.36. The summed E-state index contributed by atoms with van der Waals surface area (Å²) in [5.41, 5.74) is 2.99. The maximum absolute atomic E-state index is 12.3. The molecular weight excluding hydrogens is 334 g/mol. The van der Waals surface area contributed by atoms with Crippen LogP contribution in [0.4, 0.5) is 11.4 Å². The SMILES string of the molecule is COc1ccc(N2CC(NC(=S)Nc3ccc(C)cc3)CC2=O)cc1. The van der Waals surface area contributed by atoms with E-state index in [0.29, 0.717) is 18.1 Å². The van der Waals surface area contributed by atoms with E-state index in [4.69, 9.17) is 17.0 Å². The number of ether oxygens (including phenoxy) is 1. The molecule has 0 aliphatic carbocycles. The number of aryl methyl sites for hydroxylation is 1. The minimum atomic E-state index is -0.0138. The van der Waals surface area contributed by atoms with Crippen molar-refractivity contribution < 1.29 is 9.53 Å². The molecule has 130 valence electrons. The van der Waals surface area contributed by atoms with Gasteiger partial charge in [-0.15, -0.1) is 0 Å². The van der Waals surface area contributed by atoms with Crippen molar-refractivity contribution in [3.05, 3.63) is 54.1 Å². The molecule has 2 aromatic rings. The van der Waals surface area contributed by atoms with Gasteiger partial charge in [-0.25, -0.2) is 0 Å². The maximum Gasteiger partial charge on any atom is 0.229 e. The lowest BCUT2D eigenvalue weighted by Crippen LogP contribution is -2.39. The van der Waals surface area contributed by atoms with E-state index in [-0.39, 0.29) is 11.9 Å². The fourth-order valence-corrected chi connectivity index (χ4v) is 3.09. The Morgan fingerprint density at radius 2 is 1.84 bits per heavy atom. The van der Waals surface area contributed by atoms with Crippen molar-refractivity contribution in [2.75, 3.05) is 23.9 Å². The smallest absolute Gasteiger partial charge is 0.229 e. The Morgan fingerprint density at radius 3 is 2.48 bits per heavy atom. The summed E-state index contributed by atoms with van der Waals surface area (Å²) < 4.78 is 5.16. The van der Waals surface area contributed by atoms with Crippen LogP contribution >= 0.6 is 12.2 Å². The third kappa shape index (κ3) is 4.28. The number of carbonyl (C=O) groups is 1. The van der Waals surface area contributed by atoms with Crippen LogP contribution in [0.15, 0.2) is 48.5 Å². The van der Waals surface area contributed by atoms with Gasteiger partial charge in [-0.05, 0) is 55.5 Å². The molecule has 1 atom stereocenters. The van der Waals surface area contributed by atoms with Gasteiger partial charge in [-0.1, -0.05) is 17.7 Å². The van der Waals surface area contributed by atoms with Gasteiger partial charge in [-0.3, -0.25) is 4.79 Å². The zero-order chi connectivity index (χ0) is 17.8. The Balaban J connectivity index is 1.58. The van der Waals surface area contributed by atoms with Crippen LogP contribution in [0.3, 0.4) is 0 Å². The van der Waals surface area contributed by atoms with Gasteiger partial charge < -0.3 is 20.3 Å². The second-order valence-corrected chi connectivity index (χ2v) is 6.48. The maximum atomic E-state index is 12.3. The van der Waals surface area contributed by atoms with Crippen LogP contribution in [0, 0.1) is 6.92 Å². The first-order valence-corrected chi connectivity index (χ1v) is 8.54. The van der Waals surface area contributed by atoms with Gasteiger partial charge >= 0.3 is 0 Å². The molecule has 1 unspecified atom stereocenters. The zero-order valence-electron chi connectivity index (χ0n) is 14.3. The summed E-state index contributed by atoms with van der Waals surface area (Å²) in [6.45, 7) is 2.62. The molecule has 1 aliphatic heterocycles. The molecule has 2 aromatic carbocycles. The first-order chi connectivity index (χ1) is 12.0. The Morgan fingerprint density at radius 1 is 1.16 bits per heavy atom. The number of carbonyl (C=O) groups excluding carboxylic acids is 1. The van der Waals surface area contributed by atoms with Crippen LogP contribution in [-0.2, 0) is 4.79 Å². The molecule has 1 aliphatic rings. The summed E-state index contributed by atoms with van der Waals surface area (Å²) in [5, 5.41) is 6.91. The predicted molar refractivity (Wildman–Crippen MR) is 104 cm³/mol. The van der Waals surface area contributed by atoms with E-state index in [2.05, 4.69) is 10.6 Å². The molecule has 25 heavy (non-hydrogen) atoms. The highest BCUT2D eigenvalue weighted by molar-refractivity contribution is 7.80. The van der Waals surface area contributed by atoms with Gasteiger partial charge in [0.05, 0.1) is 13.2 Å². The highest BCUT2D eigenvalue weighted by Crippen LogP contribution is 2.24. The van der Waals surface area contributed by atoms with Crippen molar-refractivity contribution >= 4 is 34.6 Å². The van der Waals surface area contributed by atoms with Gasteiger partial charge in [0.25, 0.3) is 0 Å². The number of hydrogen-bond acceptors (Lipinski definition) is 3.